The number of rotatable bonds is 8. The number of halogens is 1. The Bertz CT molecular complexity index is 1540. The Labute approximate surface area is 207 Å². The van der Waals surface area contributed by atoms with Crippen LogP contribution in [0.3, 0.4) is 0 Å². The predicted molar refractivity (Wildman–Crippen MR) is 137 cm³/mol. The summed E-state index contributed by atoms with van der Waals surface area (Å²) in [6, 6.07) is 27.2. The first-order valence-corrected chi connectivity index (χ1v) is 11.5. The van der Waals surface area contributed by atoms with Gasteiger partial charge in [0.05, 0.1) is 6.42 Å². The molecule has 0 radical (unpaired) electrons. The highest BCUT2D eigenvalue weighted by atomic mass is 19.1. The lowest BCUT2D eigenvalue weighted by atomic mass is 9.99. The van der Waals surface area contributed by atoms with Crippen molar-refractivity contribution in [3.05, 3.63) is 114 Å². The van der Waals surface area contributed by atoms with Crippen molar-refractivity contribution in [3.63, 3.8) is 0 Å². The third-order valence-corrected chi connectivity index (χ3v) is 6.08. The van der Waals surface area contributed by atoms with Crippen molar-refractivity contribution in [3.8, 4) is 28.2 Å². The average Bonchev–Trinajstić information content (AvgIpc) is 3.26. The molecule has 0 spiro atoms. The fourth-order valence-corrected chi connectivity index (χ4v) is 4.29. The molecule has 4 aromatic carbocycles. The maximum Gasteiger partial charge on any atom is 0.307 e. The van der Waals surface area contributed by atoms with Crippen molar-refractivity contribution in [2.75, 3.05) is 0 Å². The van der Waals surface area contributed by atoms with E-state index in [2.05, 4.69) is 6.07 Å². The molecule has 0 amide bonds. The number of hydrogen-bond acceptors (Lipinski definition) is 4. The van der Waals surface area contributed by atoms with E-state index in [1.807, 2.05) is 36.4 Å². The number of fused-ring (bicyclic) bond motifs is 1. The van der Waals surface area contributed by atoms with Gasteiger partial charge in [-0.3, -0.25) is 4.79 Å². The molecule has 5 nitrogen and oxygen atoms in total. The number of hydrogen-bond donors (Lipinski definition) is 2. The standard InChI is InChI=1S/C30H24FNO4/c31-24-11-8-20(9-12-24)30-26(18-35-27-7-2-1-5-23(27)16-29(33)34)25-15-22(10-13-28(25)36-30)21-6-3-4-19(14-21)17-32/h1-15H,16-18,32H2,(H,33,34). The summed E-state index contributed by atoms with van der Waals surface area (Å²) in [4.78, 5) is 11.3. The van der Waals surface area contributed by atoms with E-state index in [4.69, 9.17) is 14.9 Å². The number of carboxylic acid groups (broad SMARTS) is 1. The lowest BCUT2D eigenvalue weighted by Crippen LogP contribution is -2.04. The number of carbonyl (C=O) groups is 1. The van der Waals surface area contributed by atoms with Crippen LogP contribution in [0.4, 0.5) is 4.39 Å². The minimum absolute atomic E-state index is 0.142. The summed E-state index contributed by atoms with van der Waals surface area (Å²) in [6.45, 7) is 0.591. The Morgan fingerprint density at radius 1 is 0.889 bits per heavy atom. The number of ether oxygens (including phenoxy) is 1. The molecule has 1 heterocycles. The molecule has 6 heteroatoms. The molecule has 0 saturated heterocycles. The van der Waals surface area contributed by atoms with Crippen LogP contribution < -0.4 is 10.5 Å². The second-order valence-corrected chi connectivity index (χ2v) is 8.50. The number of furan rings is 1. The molecule has 36 heavy (non-hydrogen) atoms. The van der Waals surface area contributed by atoms with Gasteiger partial charge in [-0.2, -0.15) is 0 Å². The maximum absolute atomic E-state index is 13.6. The summed E-state index contributed by atoms with van der Waals surface area (Å²) in [6.07, 6.45) is -0.144. The number of aliphatic carboxylic acids is 1. The van der Waals surface area contributed by atoms with Crippen LogP contribution in [0.15, 0.2) is 95.4 Å². The number of para-hydroxylation sites is 1. The van der Waals surface area contributed by atoms with Gasteiger partial charge in [-0.05, 0) is 65.2 Å². The third-order valence-electron chi connectivity index (χ3n) is 6.08. The number of benzene rings is 4. The summed E-state index contributed by atoms with van der Waals surface area (Å²) in [5.41, 5.74) is 11.7. The highest BCUT2D eigenvalue weighted by Crippen LogP contribution is 2.37. The van der Waals surface area contributed by atoms with Crippen LogP contribution >= 0.6 is 0 Å². The van der Waals surface area contributed by atoms with E-state index in [0.717, 1.165) is 33.2 Å². The van der Waals surface area contributed by atoms with Crippen LogP contribution in [0.1, 0.15) is 16.7 Å². The molecule has 3 N–H and O–H groups in total. The first-order chi connectivity index (χ1) is 17.5. The van der Waals surface area contributed by atoms with Crippen LogP contribution in [-0.2, 0) is 24.4 Å². The molecule has 0 saturated carbocycles. The maximum atomic E-state index is 13.6. The lowest BCUT2D eigenvalue weighted by Gasteiger charge is -2.11. The fourth-order valence-electron chi connectivity index (χ4n) is 4.29. The second-order valence-electron chi connectivity index (χ2n) is 8.50. The molecular formula is C30H24FNO4. The van der Waals surface area contributed by atoms with Crippen molar-refractivity contribution >= 4 is 16.9 Å². The van der Waals surface area contributed by atoms with Gasteiger partial charge in [-0.15, -0.1) is 0 Å². The van der Waals surface area contributed by atoms with Crippen molar-refractivity contribution < 1.29 is 23.4 Å². The molecule has 1 aromatic heterocycles. The Hall–Kier alpha value is -4.42. The Morgan fingerprint density at radius 2 is 1.64 bits per heavy atom. The zero-order chi connectivity index (χ0) is 25.1. The molecule has 180 valence electrons. The number of nitrogens with two attached hydrogens (primary N) is 1. The van der Waals surface area contributed by atoms with Crippen LogP contribution in [0.2, 0.25) is 0 Å². The quantitative estimate of drug-likeness (QED) is 0.262. The lowest BCUT2D eigenvalue weighted by molar-refractivity contribution is -0.136. The minimum atomic E-state index is -0.934. The van der Waals surface area contributed by atoms with Crippen LogP contribution in [0.25, 0.3) is 33.4 Å². The van der Waals surface area contributed by atoms with E-state index >= 15 is 0 Å². The Morgan fingerprint density at radius 3 is 2.42 bits per heavy atom. The van der Waals surface area contributed by atoms with Crippen molar-refractivity contribution in [1.29, 1.82) is 0 Å². The molecule has 5 aromatic rings. The molecular weight excluding hydrogens is 457 g/mol. The summed E-state index contributed by atoms with van der Waals surface area (Å²) >= 11 is 0. The molecule has 0 bridgehead atoms. The Balaban J connectivity index is 1.60. The zero-order valence-electron chi connectivity index (χ0n) is 19.4. The predicted octanol–water partition coefficient (Wildman–Crippen LogP) is 6.57. The van der Waals surface area contributed by atoms with Gasteiger partial charge in [0.1, 0.15) is 29.5 Å². The topological polar surface area (TPSA) is 85.7 Å². The van der Waals surface area contributed by atoms with Gasteiger partial charge in [0.2, 0.25) is 0 Å². The van der Waals surface area contributed by atoms with Gasteiger partial charge < -0.3 is 20.0 Å². The molecule has 0 atom stereocenters. The van der Waals surface area contributed by atoms with Gasteiger partial charge in [-0.1, -0.05) is 42.5 Å². The van der Waals surface area contributed by atoms with Gasteiger partial charge in [-0.25, -0.2) is 4.39 Å². The summed E-state index contributed by atoms with van der Waals surface area (Å²) in [5, 5.41) is 10.1. The van der Waals surface area contributed by atoms with Crippen molar-refractivity contribution in [2.45, 2.75) is 19.6 Å². The highest BCUT2D eigenvalue weighted by Gasteiger charge is 2.19. The van der Waals surface area contributed by atoms with Crippen LogP contribution in [-0.4, -0.2) is 11.1 Å². The van der Waals surface area contributed by atoms with E-state index in [1.165, 1.54) is 12.1 Å². The molecule has 0 aliphatic carbocycles. The monoisotopic (exact) mass is 481 g/mol. The van der Waals surface area contributed by atoms with Crippen LogP contribution in [0.5, 0.6) is 5.75 Å². The number of carboxylic acids is 1. The molecule has 0 aliphatic rings. The fraction of sp³-hybridized carbons (Fsp3) is 0.100. The molecule has 0 unspecified atom stereocenters. The summed E-state index contributed by atoms with van der Waals surface area (Å²) in [7, 11) is 0. The van der Waals surface area contributed by atoms with E-state index in [9.17, 15) is 14.3 Å². The average molecular weight is 482 g/mol. The summed E-state index contributed by atoms with van der Waals surface area (Å²) < 4.78 is 26.0. The SMILES string of the molecule is NCc1cccc(-c2ccc3oc(-c4ccc(F)cc4)c(COc4ccccc4CC(=O)O)c3c2)c1. The van der Waals surface area contributed by atoms with Crippen molar-refractivity contribution in [2.24, 2.45) is 5.73 Å². The van der Waals surface area contributed by atoms with E-state index in [1.54, 1.807) is 36.4 Å². The van der Waals surface area contributed by atoms with Gasteiger partial charge in [0.25, 0.3) is 0 Å². The Kier molecular flexibility index (Phi) is 6.52. The van der Waals surface area contributed by atoms with Crippen molar-refractivity contribution in [1.82, 2.24) is 0 Å². The highest BCUT2D eigenvalue weighted by molar-refractivity contribution is 5.91. The van der Waals surface area contributed by atoms with Gasteiger partial charge in [0, 0.05) is 28.6 Å². The molecule has 0 fully saturated rings. The normalized spacial score (nSPS) is 11.1. The van der Waals surface area contributed by atoms with E-state index in [-0.39, 0.29) is 18.8 Å². The first kappa shape index (κ1) is 23.3. The largest absolute Gasteiger partial charge is 0.488 e. The summed E-state index contributed by atoms with van der Waals surface area (Å²) in [5.74, 6) is -0.201. The molecule has 5 rings (SSSR count). The van der Waals surface area contributed by atoms with E-state index < -0.39 is 5.97 Å². The molecule has 0 aliphatic heterocycles. The smallest absolute Gasteiger partial charge is 0.307 e. The third kappa shape index (κ3) is 4.85. The van der Waals surface area contributed by atoms with Crippen LogP contribution in [0, 0.1) is 5.82 Å². The second kappa shape index (κ2) is 10.1. The van der Waals surface area contributed by atoms with Gasteiger partial charge in [0.15, 0.2) is 0 Å². The van der Waals surface area contributed by atoms with Gasteiger partial charge >= 0.3 is 5.97 Å². The minimum Gasteiger partial charge on any atom is -0.488 e. The zero-order valence-corrected chi connectivity index (χ0v) is 19.4. The first-order valence-electron chi connectivity index (χ1n) is 11.5. The van der Waals surface area contributed by atoms with E-state index in [0.29, 0.717) is 29.2 Å².